The zero-order chi connectivity index (χ0) is 13.1. The van der Waals surface area contributed by atoms with Crippen LogP contribution in [0.5, 0.6) is 0 Å². The van der Waals surface area contributed by atoms with Crippen LogP contribution in [0.2, 0.25) is 0 Å². The van der Waals surface area contributed by atoms with Gasteiger partial charge in [-0.05, 0) is 37.1 Å². The minimum atomic E-state index is -3.72. The maximum absolute atomic E-state index is 11.3. The van der Waals surface area contributed by atoms with E-state index in [2.05, 4.69) is 0 Å². The molecule has 0 aliphatic heterocycles. The molecule has 0 atom stereocenters. The Balaban J connectivity index is 2.95. The molecule has 1 rings (SSSR count). The third-order valence-corrected chi connectivity index (χ3v) is 3.59. The second-order valence-electron chi connectivity index (χ2n) is 3.51. The van der Waals surface area contributed by atoms with Crippen LogP contribution in [-0.4, -0.2) is 21.0 Å². The fourth-order valence-corrected chi connectivity index (χ4v) is 2.22. The molecule has 0 aliphatic rings. The second-order valence-corrected chi connectivity index (χ2v) is 6.07. The van der Waals surface area contributed by atoms with Crippen molar-refractivity contribution < 1.29 is 17.9 Å². The third-order valence-electron chi connectivity index (χ3n) is 2.24. The van der Waals surface area contributed by atoms with Gasteiger partial charge in [0, 0.05) is 10.7 Å². The molecular weight excluding hydrogens is 264 g/mol. The number of ether oxygens (including phenoxy) is 1. The first-order chi connectivity index (χ1) is 7.84. The van der Waals surface area contributed by atoms with Crippen LogP contribution < -0.4 is 0 Å². The van der Waals surface area contributed by atoms with Crippen LogP contribution in [0.1, 0.15) is 18.1 Å². The standard InChI is InChI=1S/C11H13ClO4S/c1-3-16-11(13)7-9-4-5-10(6-8(9)2)17(12,14)15/h4-6H,3,7H2,1-2H3. The Bertz CT molecular complexity index is 522. The lowest BCUT2D eigenvalue weighted by atomic mass is 10.1. The molecule has 0 unspecified atom stereocenters. The van der Waals surface area contributed by atoms with Crippen molar-refractivity contribution in [1.82, 2.24) is 0 Å². The maximum Gasteiger partial charge on any atom is 0.310 e. The van der Waals surface area contributed by atoms with Crippen LogP contribution in [0.15, 0.2) is 23.1 Å². The fourth-order valence-electron chi connectivity index (χ4n) is 1.39. The minimum absolute atomic E-state index is 0.0317. The molecule has 0 saturated heterocycles. The number of aryl methyl sites for hydroxylation is 1. The normalized spacial score (nSPS) is 11.2. The summed E-state index contributed by atoms with van der Waals surface area (Å²) in [6.45, 7) is 3.78. The summed E-state index contributed by atoms with van der Waals surface area (Å²) in [4.78, 5) is 11.3. The molecule has 6 heteroatoms. The van der Waals surface area contributed by atoms with Gasteiger partial charge in [0.25, 0.3) is 9.05 Å². The van der Waals surface area contributed by atoms with Crippen molar-refractivity contribution in [3.05, 3.63) is 29.3 Å². The highest BCUT2D eigenvalue weighted by molar-refractivity contribution is 8.13. The lowest BCUT2D eigenvalue weighted by molar-refractivity contribution is -0.142. The molecule has 94 valence electrons. The largest absolute Gasteiger partial charge is 0.466 e. The number of halogens is 1. The van der Waals surface area contributed by atoms with Crippen molar-refractivity contribution in [2.75, 3.05) is 6.61 Å². The van der Waals surface area contributed by atoms with E-state index >= 15 is 0 Å². The van der Waals surface area contributed by atoms with E-state index in [-0.39, 0.29) is 17.3 Å². The second kappa shape index (κ2) is 5.51. The van der Waals surface area contributed by atoms with Crippen molar-refractivity contribution in [3.8, 4) is 0 Å². The van der Waals surface area contributed by atoms with Crippen LogP contribution in [0, 0.1) is 6.92 Å². The zero-order valence-electron chi connectivity index (χ0n) is 9.57. The molecule has 0 fully saturated rings. The molecule has 0 N–H and O–H groups in total. The summed E-state index contributed by atoms with van der Waals surface area (Å²) in [6, 6.07) is 4.39. The van der Waals surface area contributed by atoms with E-state index in [1.54, 1.807) is 19.9 Å². The molecule has 0 spiro atoms. The number of benzene rings is 1. The smallest absolute Gasteiger partial charge is 0.310 e. The van der Waals surface area contributed by atoms with Gasteiger partial charge in [-0.25, -0.2) is 8.42 Å². The summed E-state index contributed by atoms with van der Waals surface area (Å²) in [7, 11) is 1.49. The Labute approximate surface area is 105 Å². The first kappa shape index (κ1) is 14.0. The summed E-state index contributed by atoms with van der Waals surface area (Å²) in [5.74, 6) is -0.336. The molecule has 1 aromatic carbocycles. The molecule has 0 saturated carbocycles. The molecule has 0 radical (unpaired) electrons. The van der Waals surface area contributed by atoms with E-state index in [9.17, 15) is 13.2 Å². The molecule has 17 heavy (non-hydrogen) atoms. The Hall–Kier alpha value is -1.07. The Kier molecular flexibility index (Phi) is 4.54. The van der Waals surface area contributed by atoms with Gasteiger partial charge in [0.1, 0.15) is 0 Å². The highest BCUT2D eigenvalue weighted by Gasteiger charge is 2.13. The summed E-state index contributed by atoms with van der Waals surface area (Å²) in [6.07, 6.45) is 0.127. The number of carbonyl (C=O) groups excluding carboxylic acids is 1. The predicted molar refractivity (Wildman–Crippen MR) is 64.6 cm³/mol. The number of hydrogen-bond acceptors (Lipinski definition) is 4. The summed E-state index contributed by atoms with van der Waals surface area (Å²) in [5.41, 5.74) is 1.42. The van der Waals surface area contributed by atoms with E-state index in [1.807, 2.05) is 0 Å². The third kappa shape index (κ3) is 4.02. The number of rotatable bonds is 4. The van der Waals surface area contributed by atoms with Crippen molar-refractivity contribution >= 4 is 25.7 Å². The molecule has 0 bridgehead atoms. The zero-order valence-corrected chi connectivity index (χ0v) is 11.1. The molecule has 0 heterocycles. The Morgan fingerprint density at radius 1 is 1.41 bits per heavy atom. The van der Waals surface area contributed by atoms with Gasteiger partial charge in [0.05, 0.1) is 17.9 Å². The van der Waals surface area contributed by atoms with Crippen LogP contribution >= 0.6 is 10.7 Å². The van der Waals surface area contributed by atoms with Gasteiger partial charge in [-0.15, -0.1) is 0 Å². The molecular formula is C11H13ClO4S. The van der Waals surface area contributed by atoms with Crippen molar-refractivity contribution in [2.24, 2.45) is 0 Å². The number of carbonyl (C=O) groups is 1. The molecule has 0 amide bonds. The SMILES string of the molecule is CCOC(=O)Cc1ccc(S(=O)(=O)Cl)cc1C. The van der Waals surface area contributed by atoms with Gasteiger partial charge in [-0.3, -0.25) is 4.79 Å². The van der Waals surface area contributed by atoms with Crippen molar-refractivity contribution in [3.63, 3.8) is 0 Å². The lowest BCUT2D eigenvalue weighted by Crippen LogP contribution is -2.08. The van der Waals surface area contributed by atoms with Gasteiger partial charge in [0.2, 0.25) is 0 Å². The first-order valence-corrected chi connectivity index (χ1v) is 7.35. The van der Waals surface area contributed by atoms with Gasteiger partial charge in [0.15, 0.2) is 0 Å². The average Bonchev–Trinajstić information content (AvgIpc) is 2.20. The van der Waals surface area contributed by atoms with Crippen LogP contribution in [0.3, 0.4) is 0 Å². The highest BCUT2D eigenvalue weighted by atomic mass is 35.7. The summed E-state index contributed by atoms with van der Waals surface area (Å²) >= 11 is 0. The summed E-state index contributed by atoms with van der Waals surface area (Å²) < 4.78 is 27.0. The maximum atomic E-state index is 11.3. The number of esters is 1. The van der Waals surface area contributed by atoms with Gasteiger partial charge in [-0.2, -0.15) is 0 Å². The molecule has 0 aromatic heterocycles. The molecule has 0 aliphatic carbocycles. The predicted octanol–water partition coefficient (Wildman–Crippen LogP) is 2.03. The lowest BCUT2D eigenvalue weighted by Gasteiger charge is -2.06. The molecule has 1 aromatic rings. The minimum Gasteiger partial charge on any atom is -0.466 e. The first-order valence-electron chi connectivity index (χ1n) is 5.04. The van der Waals surface area contributed by atoms with E-state index < -0.39 is 9.05 Å². The van der Waals surface area contributed by atoms with Crippen LogP contribution in [0.25, 0.3) is 0 Å². The van der Waals surface area contributed by atoms with Crippen LogP contribution in [-0.2, 0) is 25.0 Å². The van der Waals surface area contributed by atoms with Crippen LogP contribution in [0.4, 0.5) is 0 Å². The Morgan fingerprint density at radius 3 is 2.53 bits per heavy atom. The van der Waals surface area contributed by atoms with Crippen molar-refractivity contribution in [2.45, 2.75) is 25.2 Å². The van der Waals surface area contributed by atoms with Gasteiger partial charge >= 0.3 is 5.97 Å². The van der Waals surface area contributed by atoms with Gasteiger partial charge in [-0.1, -0.05) is 6.07 Å². The summed E-state index contributed by atoms with van der Waals surface area (Å²) in [5, 5.41) is 0. The van der Waals surface area contributed by atoms with Crippen molar-refractivity contribution in [1.29, 1.82) is 0 Å². The topological polar surface area (TPSA) is 60.4 Å². The number of hydrogen-bond donors (Lipinski definition) is 0. The monoisotopic (exact) mass is 276 g/mol. The van der Waals surface area contributed by atoms with E-state index in [1.165, 1.54) is 12.1 Å². The highest BCUT2D eigenvalue weighted by Crippen LogP contribution is 2.19. The Morgan fingerprint density at radius 2 is 2.06 bits per heavy atom. The van der Waals surface area contributed by atoms with E-state index in [0.29, 0.717) is 12.2 Å². The molecule has 4 nitrogen and oxygen atoms in total. The van der Waals surface area contributed by atoms with Gasteiger partial charge < -0.3 is 4.74 Å². The fraction of sp³-hybridized carbons (Fsp3) is 0.364. The quantitative estimate of drug-likeness (QED) is 0.624. The van der Waals surface area contributed by atoms with E-state index in [0.717, 1.165) is 5.56 Å². The average molecular weight is 277 g/mol. The van der Waals surface area contributed by atoms with E-state index in [4.69, 9.17) is 15.4 Å².